The number of urea groups is 1. The van der Waals surface area contributed by atoms with Crippen LogP contribution in [-0.4, -0.2) is 52.6 Å². The Morgan fingerprint density at radius 1 is 1.13 bits per heavy atom. The number of fused-ring (bicyclic) bond motifs is 1. The molecule has 0 saturated carbocycles. The Morgan fingerprint density at radius 2 is 1.90 bits per heavy atom. The smallest absolute Gasteiger partial charge is 0.321 e. The van der Waals surface area contributed by atoms with E-state index in [9.17, 15) is 9.59 Å². The summed E-state index contributed by atoms with van der Waals surface area (Å²) in [6.07, 6.45) is 3.74. The van der Waals surface area contributed by atoms with Gasteiger partial charge in [-0.2, -0.15) is 0 Å². The van der Waals surface area contributed by atoms with Gasteiger partial charge in [0.25, 0.3) is 5.91 Å². The quantitative estimate of drug-likeness (QED) is 0.663. The van der Waals surface area contributed by atoms with Gasteiger partial charge in [-0.15, -0.1) is 0 Å². The fourth-order valence-corrected chi connectivity index (χ4v) is 4.00. The Labute approximate surface area is 181 Å². The van der Waals surface area contributed by atoms with Crippen LogP contribution in [0.2, 0.25) is 0 Å². The van der Waals surface area contributed by atoms with Gasteiger partial charge in [-0.3, -0.25) is 4.79 Å². The Morgan fingerprint density at radius 3 is 2.61 bits per heavy atom. The molecule has 1 aliphatic rings. The molecule has 162 valence electrons. The molecule has 3 amide bonds. The molecule has 3 heterocycles. The van der Waals surface area contributed by atoms with Crippen molar-refractivity contribution in [2.24, 2.45) is 11.7 Å². The van der Waals surface area contributed by atoms with Crippen LogP contribution in [0.15, 0.2) is 48.8 Å². The Bertz CT molecular complexity index is 1100. The Kier molecular flexibility index (Phi) is 5.79. The molecule has 0 spiro atoms. The number of nitrogens with zero attached hydrogens (tertiary/aromatic N) is 4. The largest absolute Gasteiger partial charge is 0.365 e. The number of amides is 3. The van der Waals surface area contributed by atoms with Crippen LogP contribution in [0.4, 0.5) is 16.3 Å². The maximum Gasteiger partial charge on any atom is 0.321 e. The van der Waals surface area contributed by atoms with Gasteiger partial charge in [-0.1, -0.05) is 13.8 Å². The van der Waals surface area contributed by atoms with Crippen LogP contribution in [-0.2, 0) is 6.54 Å². The minimum Gasteiger partial charge on any atom is -0.365 e. The number of primary amides is 1. The standard InChI is InChI=1S/C23H28N6O2/c1-16(2)15-29-9-7-17-14-18(5-6-20(17)29)26-23(31)28-12-10-27(11-13-28)22-19(21(24)30)4-3-8-25-22/h3-9,14,16H,10-13,15H2,1-2H3,(H2,24,30)(H,26,31). The van der Waals surface area contributed by atoms with Crippen LogP contribution >= 0.6 is 0 Å². The van der Waals surface area contributed by atoms with Crippen molar-refractivity contribution in [1.82, 2.24) is 14.5 Å². The molecule has 3 N–H and O–H groups in total. The second-order valence-corrected chi connectivity index (χ2v) is 8.28. The van der Waals surface area contributed by atoms with E-state index in [2.05, 4.69) is 47.0 Å². The fraction of sp³-hybridized carbons (Fsp3) is 0.348. The first kappa shape index (κ1) is 20.7. The monoisotopic (exact) mass is 420 g/mol. The predicted molar refractivity (Wildman–Crippen MR) is 122 cm³/mol. The molecule has 0 bridgehead atoms. The second-order valence-electron chi connectivity index (χ2n) is 8.28. The van der Waals surface area contributed by atoms with E-state index >= 15 is 0 Å². The fourth-order valence-electron chi connectivity index (χ4n) is 4.00. The van der Waals surface area contributed by atoms with Crippen molar-refractivity contribution in [3.05, 3.63) is 54.4 Å². The van der Waals surface area contributed by atoms with Crippen LogP contribution < -0.4 is 16.0 Å². The highest BCUT2D eigenvalue weighted by Gasteiger charge is 2.24. The highest BCUT2D eigenvalue weighted by Crippen LogP contribution is 2.23. The molecule has 1 aromatic carbocycles. The summed E-state index contributed by atoms with van der Waals surface area (Å²) in [6, 6.07) is 11.3. The average Bonchev–Trinajstić information content (AvgIpc) is 3.15. The average molecular weight is 421 g/mol. The number of aromatic nitrogens is 2. The first-order chi connectivity index (χ1) is 14.9. The van der Waals surface area contributed by atoms with Crippen LogP contribution in [0.25, 0.3) is 10.9 Å². The molecule has 3 aromatic rings. The van der Waals surface area contributed by atoms with E-state index in [1.54, 1.807) is 23.2 Å². The number of hydrogen-bond donors (Lipinski definition) is 2. The van der Waals surface area contributed by atoms with Crippen LogP contribution in [0.3, 0.4) is 0 Å². The lowest BCUT2D eigenvalue weighted by molar-refractivity contribution is 0.1000. The van der Waals surface area contributed by atoms with E-state index in [0.717, 1.165) is 17.6 Å². The predicted octanol–water partition coefficient (Wildman–Crippen LogP) is 3.15. The lowest BCUT2D eigenvalue weighted by Crippen LogP contribution is -2.50. The van der Waals surface area contributed by atoms with Crippen LogP contribution in [0.1, 0.15) is 24.2 Å². The van der Waals surface area contributed by atoms with Crippen molar-refractivity contribution in [3.63, 3.8) is 0 Å². The molecule has 1 saturated heterocycles. The van der Waals surface area contributed by atoms with Crippen molar-refractivity contribution in [3.8, 4) is 0 Å². The molecule has 0 atom stereocenters. The van der Waals surface area contributed by atoms with Gasteiger partial charge in [0.05, 0.1) is 5.56 Å². The third-order valence-electron chi connectivity index (χ3n) is 5.50. The van der Waals surface area contributed by atoms with E-state index in [1.165, 1.54) is 5.52 Å². The van der Waals surface area contributed by atoms with Crippen molar-refractivity contribution in [2.45, 2.75) is 20.4 Å². The van der Waals surface area contributed by atoms with E-state index < -0.39 is 5.91 Å². The molecule has 0 unspecified atom stereocenters. The highest BCUT2D eigenvalue weighted by molar-refractivity contribution is 5.98. The zero-order valence-corrected chi connectivity index (χ0v) is 17.9. The third-order valence-corrected chi connectivity index (χ3v) is 5.50. The van der Waals surface area contributed by atoms with E-state index in [1.807, 2.05) is 17.0 Å². The summed E-state index contributed by atoms with van der Waals surface area (Å²) in [6.45, 7) is 7.60. The number of pyridine rings is 1. The maximum atomic E-state index is 12.8. The van der Waals surface area contributed by atoms with Gasteiger partial charge in [0, 0.05) is 61.7 Å². The zero-order valence-electron chi connectivity index (χ0n) is 17.9. The zero-order chi connectivity index (χ0) is 22.0. The third kappa shape index (κ3) is 4.47. The molecular formula is C23H28N6O2. The summed E-state index contributed by atoms with van der Waals surface area (Å²) < 4.78 is 2.24. The molecule has 8 nitrogen and oxygen atoms in total. The van der Waals surface area contributed by atoms with Gasteiger partial charge in [0.2, 0.25) is 0 Å². The molecular weight excluding hydrogens is 392 g/mol. The highest BCUT2D eigenvalue weighted by atomic mass is 16.2. The first-order valence-corrected chi connectivity index (χ1v) is 10.6. The number of carbonyl (C=O) groups excluding carboxylic acids is 2. The topological polar surface area (TPSA) is 96.5 Å². The molecule has 1 fully saturated rings. The molecule has 8 heteroatoms. The Balaban J connectivity index is 1.39. The van der Waals surface area contributed by atoms with Gasteiger partial charge in [0.15, 0.2) is 0 Å². The SMILES string of the molecule is CC(C)Cn1ccc2cc(NC(=O)N3CCN(c4ncccc4C(N)=O)CC3)ccc21. The van der Waals surface area contributed by atoms with Crippen molar-refractivity contribution < 1.29 is 9.59 Å². The number of hydrogen-bond acceptors (Lipinski definition) is 4. The summed E-state index contributed by atoms with van der Waals surface area (Å²) in [5.74, 6) is 0.645. The van der Waals surface area contributed by atoms with Gasteiger partial charge in [-0.05, 0) is 42.3 Å². The maximum absolute atomic E-state index is 12.8. The Hall–Kier alpha value is -3.55. The van der Waals surface area contributed by atoms with Gasteiger partial charge in [0.1, 0.15) is 5.82 Å². The van der Waals surface area contributed by atoms with Crippen LogP contribution in [0.5, 0.6) is 0 Å². The van der Waals surface area contributed by atoms with E-state index in [4.69, 9.17) is 5.73 Å². The molecule has 4 rings (SSSR count). The minimum absolute atomic E-state index is 0.128. The first-order valence-electron chi connectivity index (χ1n) is 10.6. The molecule has 0 radical (unpaired) electrons. The summed E-state index contributed by atoms with van der Waals surface area (Å²) in [7, 11) is 0. The van der Waals surface area contributed by atoms with Crippen LogP contribution in [0, 0.1) is 5.92 Å². The number of anilines is 2. The second kappa shape index (κ2) is 8.67. The number of nitrogens with two attached hydrogens (primary N) is 1. The molecule has 0 aliphatic carbocycles. The minimum atomic E-state index is -0.499. The van der Waals surface area contributed by atoms with Crippen molar-refractivity contribution in [2.75, 3.05) is 36.4 Å². The number of carbonyl (C=O) groups is 2. The molecule has 31 heavy (non-hydrogen) atoms. The van der Waals surface area contributed by atoms with Crippen molar-refractivity contribution in [1.29, 1.82) is 0 Å². The van der Waals surface area contributed by atoms with Crippen molar-refractivity contribution >= 4 is 34.3 Å². The number of nitrogens with one attached hydrogen (secondary N) is 1. The van der Waals surface area contributed by atoms with Gasteiger partial charge in [-0.25, -0.2) is 9.78 Å². The summed E-state index contributed by atoms with van der Waals surface area (Å²) in [5.41, 5.74) is 7.81. The summed E-state index contributed by atoms with van der Waals surface area (Å²) in [5, 5.41) is 4.12. The number of piperazine rings is 1. The molecule has 1 aliphatic heterocycles. The normalized spacial score (nSPS) is 14.3. The number of benzene rings is 1. The lowest BCUT2D eigenvalue weighted by Gasteiger charge is -2.35. The van der Waals surface area contributed by atoms with E-state index in [-0.39, 0.29) is 6.03 Å². The molecule has 2 aromatic heterocycles. The van der Waals surface area contributed by atoms with E-state index in [0.29, 0.717) is 43.5 Å². The summed E-state index contributed by atoms with van der Waals surface area (Å²) >= 11 is 0. The van der Waals surface area contributed by atoms with Gasteiger partial charge < -0.3 is 25.4 Å². The summed E-state index contributed by atoms with van der Waals surface area (Å²) in [4.78, 5) is 32.5. The van der Waals surface area contributed by atoms with Gasteiger partial charge >= 0.3 is 6.03 Å². The lowest BCUT2D eigenvalue weighted by atomic mass is 10.2. The number of rotatable bonds is 5.